The van der Waals surface area contributed by atoms with Gasteiger partial charge in [0.2, 0.25) is 11.8 Å². The van der Waals surface area contributed by atoms with Crippen molar-refractivity contribution >= 4 is 47.2 Å². The zero-order valence-electron chi connectivity index (χ0n) is 36.7. The maximum atomic E-state index is 13.9. The Labute approximate surface area is 362 Å². The third kappa shape index (κ3) is 9.09. The molecule has 2 fully saturated rings. The molecule has 2 aliphatic rings. The minimum Gasteiger partial charge on any atom is -0.451 e. The number of nitrogens with zero attached hydrogens (tertiary/aromatic N) is 6. The highest BCUT2D eigenvalue weighted by Gasteiger charge is 2.41. The van der Waals surface area contributed by atoms with Gasteiger partial charge in [0.15, 0.2) is 0 Å². The fraction of sp³-hybridized carbons (Fsp3) is 0.417. The van der Waals surface area contributed by atoms with Crippen LogP contribution in [0, 0.1) is 23.7 Å². The molecule has 4 heterocycles. The second kappa shape index (κ2) is 18.7. The fourth-order valence-corrected chi connectivity index (χ4v) is 8.76. The number of methoxy groups -OCH3 is 2. The van der Waals surface area contributed by atoms with Crippen molar-refractivity contribution in [1.29, 1.82) is 0 Å². The van der Waals surface area contributed by atoms with Gasteiger partial charge in [-0.2, -0.15) is 9.98 Å². The van der Waals surface area contributed by atoms with E-state index in [1.165, 1.54) is 26.6 Å². The summed E-state index contributed by atoms with van der Waals surface area (Å²) in [5.74, 6) is 0.0675. The van der Waals surface area contributed by atoms with Crippen LogP contribution in [0.3, 0.4) is 0 Å². The summed E-state index contributed by atoms with van der Waals surface area (Å²) in [6, 6.07) is 20.7. The van der Waals surface area contributed by atoms with Crippen LogP contribution in [0.1, 0.15) is 91.0 Å². The minimum absolute atomic E-state index is 0.0146. The Morgan fingerprint density at radius 3 is 1.47 bits per heavy atom. The van der Waals surface area contributed by atoms with E-state index in [0.29, 0.717) is 0 Å². The van der Waals surface area contributed by atoms with Crippen LogP contribution in [-0.2, 0) is 19.1 Å². The van der Waals surface area contributed by atoms with Gasteiger partial charge in [0, 0.05) is 30.1 Å². The molecule has 0 bridgehead atoms. The molecule has 2 aromatic heterocycles. The molecule has 14 heteroatoms. The van der Waals surface area contributed by atoms with Gasteiger partial charge in [-0.1, -0.05) is 76.2 Å². The summed E-state index contributed by atoms with van der Waals surface area (Å²) in [7, 11) is 2.53. The van der Waals surface area contributed by atoms with Crippen LogP contribution in [0.4, 0.5) is 9.59 Å². The highest BCUT2D eigenvalue weighted by molar-refractivity contribution is 5.98. The SMILES string of the molecule is COC(=O)N=CC(C(=O)N1C(C)CCC1c1ncc(-c2ccc(-c3ccc4cc(-c5cnc(C6CCC(C)N6C(=O)C(C=NC(=O)OC)C(C)C)[nH]5)ccc4c3)cc2)[nH]1)C(C)C. The molecular weight excluding hydrogens is 785 g/mol. The first-order valence-corrected chi connectivity index (χ1v) is 21.4. The van der Waals surface area contributed by atoms with E-state index in [-0.39, 0.29) is 47.8 Å². The van der Waals surface area contributed by atoms with E-state index < -0.39 is 24.0 Å². The Hall–Kier alpha value is -6.44. The predicted molar refractivity (Wildman–Crippen MR) is 240 cm³/mol. The number of ether oxygens (including phenoxy) is 2. The highest BCUT2D eigenvalue weighted by atomic mass is 16.5. The van der Waals surface area contributed by atoms with E-state index in [4.69, 9.17) is 9.97 Å². The standard InChI is InChI=1S/C48H56N8O6/c1-27(2)37(23-51-47(59)61-7)45(57)55-29(5)9-19-41(55)43-49-25-39(53-43)32-13-11-31(12-14-32)33-15-16-35-22-36(18-17-34(35)21-33)40-26-50-44(54-40)42-20-10-30(6)56(42)46(58)38(28(3)4)24-52-48(60)62-8/h11-18,21-30,37-38,41-42H,9-10,19-20H2,1-8H3,(H,49,53)(H,50,54). The molecule has 2 saturated heterocycles. The summed E-state index contributed by atoms with van der Waals surface area (Å²) in [5.41, 5.74) is 5.88. The van der Waals surface area contributed by atoms with E-state index in [1.54, 1.807) is 0 Å². The first-order chi connectivity index (χ1) is 29.8. The molecule has 14 nitrogen and oxygen atoms in total. The van der Waals surface area contributed by atoms with Gasteiger partial charge in [-0.3, -0.25) is 9.59 Å². The van der Waals surface area contributed by atoms with Gasteiger partial charge in [-0.05, 0) is 91.0 Å². The average Bonchev–Trinajstić information content (AvgIpc) is 4.10. The normalized spacial score (nSPS) is 20.2. The highest BCUT2D eigenvalue weighted by Crippen LogP contribution is 2.39. The lowest BCUT2D eigenvalue weighted by Gasteiger charge is -2.31. The molecular formula is C48H56N8O6. The van der Waals surface area contributed by atoms with E-state index in [2.05, 4.69) is 90.1 Å². The Balaban J connectivity index is 1.04. The van der Waals surface area contributed by atoms with Crippen LogP contribution in [0.2, 0.25) is 0 Å². The molecule has 6 atom stereocenters. The summed E-state index contributed by atoms with van der Waals surface area (Å²) in [5, 5.41) is 2.19. The molecule has 3 aromatic carbocycles. The van der Waals surface area contributed by atoms with E-state index in [0.717, 1.165) is 81.7 Å². The van der Waals surface area contributed by atoms with Crippen molar-refractivity contribution in [1.82, 2.24) is 29.7 Å². The van der Waals surface area contributed by atoms with Crippen LogP contribution in [0.5, 0.6) is 0 Å². The van der Waals surface area contributed by atoms with E-state index in [1.807, 2.05) is 63.7 Å². The third-order valence-electron chi connectivity index (χ3n) is 12.4. The van der Waals surface area contributed by atoms with Crippen LogP contribution in [-0.4, -0.2) is 92.5 Å². The maximum Gasteiger partial charge on any atom is 0.432 e. The zero-order valence-corrected chi connectivity index (χ0v) is 36.7. The van der Waals surface area contributed by atoms with Gasteiger partial charge >= 0.3 is 12.2 Å². The number of fused-ring (bicyclic) bond motifs is 1. The van der Waals surface area contributed by atoms with E-state index in [9.17, 15) is 19.2 Å². The molecule has 0 radical (unpaired) electrons. The van der Waals surface area contributed by atoms with Crippen molar-refractivity contribution in [2.45, 2.75) is 91.4 Å². The number of aliphatic imine (C=N–C) groups is 2. The van der Waals surface area contributed by atoms with Gasteiger partial charge < -0.3 is 29.2 Å². The summed E-state index contributed by atoms with van der Waals surface area (Å²) >= 11 is 0. The van der Waals surface area contributed by atoms with Crippen molar-refractivity contribution < 1.29 is 28.7 Å². The summed E-state index contributed by atoms with van der Waals surface area (Å²) in [6.07, 6.45) is 8.27. The average molecular weight is 841 g/mol. The number of hydrogen-bond acceptors (Lipinski definition) is 8. The monoisotopic (exact) mass is 840 g/mol. The number of aromatic amines is 2. The van der Waals surface area contributed by atoms with Crippen molar-refractivity contribution in [3.63, 3.8) is 0 Å². The van der Waals surface area contributed by atoms with Gasteiger partial charge in [-0.15, -0.1) is 0 Å². The lowest BCUT2D eigenvalue weighted by atomic mass is 9.95. The van der Waals surface area contributed by atoms with Crippen LogP contribution in [0.25, 0.3) is 44.4 Å². The Morgan fingerprint density at radius 2 is 1.02 bits per heavy atom. The number of carbonyl (C=O) groups is 4. The number of hydrogen-bond donors (Lipinski definition) is 2. The van der Waals surface area contributed by atoms with Crippen LogP contribution < -0.4 is 0 Å². The van der Waals surface area contributed by atoms with Crippen LogP contribution >= 0.6 is 0 Å². The lowest BCUT2D eigenvalue weighted by molar-refractivity contribution is -0.138. The maximum absolute atomic E-state index is 13.9. The zero-order chi connectivity index (χ0) is 44.2. The molecule has 0 saturated carbocycles. The number of H-pyrrole nitrogens is 2. The first-order valence-electron chi connectivity index (χ1n) is 21.4. The number of carbonyl (C=O) groups excluding carboxylic acids is 4. The molecule has 62 heavy (non-hydrogen) atoms. The van der Waals surface area contributed by atoms with Crippen molar-refractivity contribution in [2.75, 3.05) is 14.2 Å². The Bertz CT molecular complexity index is 2490. The number of likely N-dealkylation sites (tertiary alicyclic amines) is 2. The fourth-order valence-electron chi connectivity index (χ4n) is 8.76. The molecule has 0 aliphatic carbocycles. The van der Waals surface area contributed by atoms with Crippen molar-refractivity contribution in [3.05, 3.63) is 84.7 Å². The second-order valence-electron chi connectivity index (χ2n) is 17.1. The van der Waals surface area contributed by atoms with Crippen LogP contribution in [0.15, 0.2) is 83.0 Å². The predicted octanol–water partition coefficient (Wildman–Crippen LogP) is 9.61. The molecule has 5 aromatic rings. The lowest BCUT2D eigenvalue weighted by Crippen LogP contribution is -2.42. The van der Waals surface area contributed by atoms with Crippen molar-refractivity contribution in [2.24, 2.45) is 33.7 Å². The topological polar surface area (TPSA) is 175 Å². The number of aromatic nitrogens is 4. The number of benzene rings is 3. The number of imidazole rings is 2. The van der Waals surface area contributed by atoms with Gasteiger partial charge in [-0.25, -0.2) is 19.6 Å². The van der Waals surface area contributed by atoms with Gasteiger partial charge in [0.25, 0.3) is 0 Å². The number of rotatable bonds is 11. The molecule has 2 aliphatic heterocycles. The number of nitrogens with one attached hydrogen (secondary N) is 2. The van der Waals surface area contributed by atoms with Gasteiger partial charge in [0.05, 0.1) is 61.9 Å². The largest absolute Gasteiger partial charge is 0.451 e. The second-order valence-corrected chi connectivity index (χ2v) is 17.1. The number of amides is 4. The summed E-state index contributed by atoms with van der Waals surface area (Å²) in [6.45, 7) is 11.9. The first kappa shape index (κ1) is 43.6. The molecule has 324 valence electrons. The molecule has 6 unspecified atom stereocenters. The smallest absolute Gasteiger partial charge is 0.432 e. The summed E-state index contributed by atoms with van der Waals surface area (Å²) < 4.78 is 9.31. The molecule has 2 N–H and O–H groups in total. The van der Waals surface area contributed by atoms with Gasteiger partial charge in [0.1, 0.15) is 11.6 Å². The summed E-state index contributed by atoms with van der Waals surface area (Å²) in [4.78, 5) is 79.1. The third-order valence-corrected chi connectivity index (χ3v) is 12.4. The van der Waals surface area contributed by atoms with E-state index >= 15 is 0 Å². The molecule has 7 rings (SSSR count). The Kier molecular flexibility index (Phi) is 13.1. The molecule has 4 amide bonds. The van der Waals surface area contributed by atoms with Crippen molar-refractivity contribution in [3.8, 4) is 33.6 Å². The minimum atomic E-state index is -0.727. The molecule has 0 spiro atoms. The Morgan fingerprint density at radius 1 is 0.613 bits per heavy atom. The quantitative estimate of drug-likeness (QED) is 0.124.